The summed E-state index contributed by atoms with van der Waals surface area (Å²) in [5.74, 6) is 0. The highest BCUT2D eigenvalue weighted by molar-refractivity contribution is 5.67. The Bertz CT molecular complexity index is 518. The first-order chi connectivity index (χ1) is 10.2. The second kappa shape index (κ2) is 7.33. The maximum absolute atomic E-state index is 11.3. The molecule has 0 saturated carbocycles. The molecule has 0 heterocycles. The number of carbonyl (C=O) groups excluding carboxylic acids is 1. The molecule has 1 unspecified atom stereocenters. The summed E-state index contributed by atoms with van der Waals surface area (Å²) in [5.41, 5.74) is 2.13. The molecule has 0 bridgehead atoms. The van der Waals surface area contributed by atoms with Crippen LogP contribution in [-0.2, 0) is 4.74 Å². The summed E-state index contributed by atoms with van der Waals surface area (Å²) < 4.78 is 5.28. The lowest BCUT2D eigenvalue weighted by molar-refractivity contribution is 0.112. The van der Waals surface area contributed by atoms with Gasteiger partial charge in [0.1, 0.15) is 6.10 Å². The Kier molecular flexibility index (Phi) is 5.21. The van der Waals surface area contributed by atoms with Crippen LogP contribution < -0.4 is 10.2 Å². The molecule has 0 aliphatic carbocycles. The van der Waals surface area contributed by atoms with Crippen molar-refractivity contribution < 1.29 is 9.53 Å². The fourth-order valence-electron chi connectivity index (χ4n) is 2.11. The molecular formula is C17H20N2O2. The fourth-order valence-corrected chi connectivity index (χ4v) is 2.11. The molecule has 0 saturated heterocycles. The first-order valence-electron chi connectivity index (χ1n) is 6.96. The van der Waals surface area contributed by atoms with Crippen molar-refractivity contribution in [3.05, 3.63) is 60.7 Å². The lowest BCUT2D eigenvalue weighted by Crippen LogP contribution is -2.33. The molecule has 2 aromatic rings. The van der Waals surface area contributed by atoms with E-state index in [1.165, 1.54) is 0 Å². The maximum Gasteiger partial charge on any atom is 0.407 e. The zero-order valence-corrected chi connectivity index (χ0v) is 12.3. The van der Waals surface area contributed by atoms with Crippen LogP contribution in [0.1, 0.15) is 6.92 Å². The van der Waals surface area contributed by atoms with E-state index in [1.807, 2.05) is 67.6 Å². The van der Waals surface area contributed by atoms with E-state index >= 15 is 0 Å². The molecule has 1 N–H and O–H groups in total. The number of hydrogen-bond donors (Lipinski definition) is 1. The van der Waals surface area contributed by atoms with Crippen LogP contribution in [0.3, 0.4) is 0 Å². The molecule has 1 amide bonds. The van der Waals surface area contributed by atoms with Crippen LogP contribution in [0.4, 0.5) is 16.2 Å². The van der Waals surface area contributed by atoms with E-state index in [0.717, 1.165) is 11.4 Å². The van der Waals surface area contributed by atoms with Gasteiger partial charge >= 0.3 is 6.09 Å². The highest BCUT2D eigenvalue weighted by Crippen LogP contribution is 2.25. The number of hydrogen-bond acceptors (Lipinski definition) is 3. The molecule has 1 atom stereocenters. The molecule has 2 rings (SSSR count). The second-order valence-corrected chi connectivity index (χ2v) is 4.75. The summed E-state index contributed by atoms with van der Waals surface area (Å²) >= 11 is 0. The van der Waals surface area contributed by atoms with Crippen LogP contribution in [0, 0.1) is 0 Å². The van der Waals surface area contributed by atoms with E-state index in [4.69, 9.17) is 4.74 Å². The summed E-state index contributed by atoms with van der Waals surface area (Å²) in [5, 5.41) is 2.47. The summed E-state index contributed by atoms with van der Waals surface area (Å²) in [7, 11) is 1.56. The van der Waals surface area contributed by atoms with Crippen LogP contribution in [0.2, 0.25) is 0 Å². The van der Waals surface area contributed by atoms with Gasteiger partial charge in [-0.25, -0.2) is 4.79 Å². The molecular weight excluding hydrogens is 264 g/mol. The average molecular weight is 284 g/mol. The van der Waals surface area contributed by atoms with E-state index in [-0.39, 0.29) is 6.10 Å². The van der Waals surface area contributed by atoms with Crippen LogP contribution in [0.25, 0.3) is 0 Å². The van der Waals surface area contributed by atoms with Crippen molar-refractivity contribution in [3.63, 3.8) is 0 Å². The summed E-state index contributed by atoms with van der Waals surface area (Å²) in [6, 6.07) is 20.1. The van der Waals surface area contributed by atoms with Crippen molar-refractivity contribution in [2.24, 2.45) is 0 Å². The Morgan fingerprint density at radius 1 is 1.05 bits per heavy atom. The third kappa shape index (κ3) is 4.24. The number of amides is 1. The van der Waals surface area contributed by atoms with Crippen molar-refractivity contribution in [3.8, 4) is 0 Å². The van der Waals surface area contributed by atoms with E-state index in [1.54, 1.807) is 7.05 Å². The minimum atomic E-state index is -0.413. The van der Waals surface area contributed by atoms with Gasteiger partial charge in [0.25, 0.3) is 0 Å². The van der Waals surface area contributed by atoms with Gasteiger partial charge in [-0.2, -0.15) is 0 Å². The van der Waals surface area contributed by atoms with Crippen LogP contribution in [0.15, 0.2) is 60.7 Å². The predicted molar refractivity (Wildman–Crippen MR) is 84.9 cm³/mol. The molecule has 4 heteroatoms. The van der Waals surface area contributed by atoms with Gasteiger partial charge in [-0.3, -0.25) is 0 Å². The molecule has 4 nitrogen and oxygen atoms in total. The molecule has 2 aromatic carbocycles. The standard InChI is InChI=1S/C17H20N2O2/c1-14(21-17(20)18-2)13-19(15-9-5-3-6-10-15)16-11-7-4-8-12-16/h3-12,14H,13H2,1-2H3,(H,18,20). The van der Waals surface area contributed by atoms with Gasteiger partial charge < -0.3 is 15.0 Å². The number of nitrogens with one attached hydrogen (secondary N) is 1. The Labute approximate surface area is 125 Å². The molecule has 110 valence electrons. The maximum atomic E-state index is 11.3. The Morgan fingerprint density at radius 3 is 1.95 bits per heavy atom. The minimum Gasteiger partial charge on any atom is -0.445 e. The quantitative estimate of drug-likeness (QED) is 0.912. The smallest absolute Gasteiger partial charge is 0.407 e. The first-order valence-corrected chi connectivity index (χ1v) is 6.96. The number of ether oxygens (including phenoxy) is 1. The Hall–Kier alpha value is -2.49. The second-order valence-electron chi connectivity index (χ2n) is 4.75. The number of nitrogens with zero attached hydrogens (tertiary/aromatic N) is 1. The minimum absolute atomic E-state index is 0.231. The number of alkyl carbamates (subject to hydrolysis) is 1. The number of rotatable bonds is 5. The van der Waals surface area contributed by atoms with Gasteiger partial charge in [0, 0.05) is 18.4 Å². The van der Waals surface area contributed by atoms with Gasteiger partial charge in [-0.05, 0) is 31.2 Å². The highest BCUT2D eigenvalue weighted by atomic mass is 16.6. The molecule has 0 aliphatic rings. The monoisotopic (exact) mass is 284 g/mol. The van der Waals surface area contributed by atoms with E-state index in [0.29, 0.717) is 6.54 Å². The van der Waals surface area contributed by atoms with Gasteiger partial charge in [-0.15, -0.1) is 0 Å². The van der Waals surface area contributed by atoms with Gasteiger partial charge in [-0.1, -0.05) is 36.4 Å². The topological polar surface area (TPSA) is 41.6 Å². The number of carbonyl (C=O) groups is 1. The SMILES string of the molecule is CNC(=O)OC(C)CN(c1ccccc1)c1ccccc1. The summed E-state index contributed by atoms with van der Waals surface area (Å²) in [4.78, 5) is 13.5. The fraction of sp³-hybridized carbons (Fsp3) is 0.235. The van der Waals surface area contributed by atoms with Crippen LogP contribution >= 0.6 is 0 Å². The molecule has 0 aliphatic heterocycles. The molecule has 0 radical (unpaired) electrons. The molecule has 21 heavy (non-hydrogen) atoms. The Morgan fingerprint density at radius 2 is 1.52 bits per heavy atom. The number of anilines is 2. The van der Waals surface area contributed by atoms with E-state index in [9.17, 15) is 4.79 Å². The van der Waals surface area contributed by atoms with Crippen molar-refractivity contribution in [1.82, 2.24) is 5.32 Å². The molecule has 0 aromatic heterocycles. The van der Waals surface area contributed by atoms with E-state index in [2.05, 4.69) is 10.2 Å². The van der Waals surface area contributed by atoms with Crippen LogP contribution in [-0.4, -0.2) is 25.8 Å². The summed E-state index contributed by atoms with van der Waals surface area (Å²) in [6.45, 7) is 2.47. The highest BCUT2D eigenvalue weighted by Gasteiger charge is 2.15. The predicted octanol–water partition coefficient (Wildman–Crippen LogP) is 3.57. The zero-order chi connectivity index (χ0) is 15.1. The Balaban J connectivity index is 2.19. The summed E-state index contributed by atoms with van der Waals surface area (Å²) in [6.07, 6.45) is -0.645. The lowest BCUT2D eigenvalue weighted by Gasteiger charge is -2.27. The van der Waals surface area contributed by atoms with Gasteiger partial charge in [0.2, 0.25) is 0 Å². The van der Waals surface area contributed by atoms with Crippen LogP contribution in [0.5, 0.6) is 0 Å². The van der Waals surface area contributed by atoms with Crippen molar-refractivity contribution in [2.45, 2.75) is 13.0 Å². The van der Waals surface area contributed by atoms with Gasteiger partial charge in [0.15, 0.2) is 0 Å². The molecule has 0 fully saturated rings. The van der Waals surface area contributed by atoms with Gasteiger partial charge in [0.05, 0.1) is 6.54 Å². The number of benzene rings is 2. The largest absolute Gasteiger partial charge is 0.445 e. The number of para-hydroxylation sites is 2. The average Bonchev–Trinajstić information content (AvgIpc) is 2.54. The zero-order valence-electron chi connectivity index (χ0n) is 12.3. The lowest BCUT2D eigenvalue weighted by atomic mass is 10.2. The molecule has 0 spiro atoms. The van der Waals surface area contributed by atoms with E-state index < -0.39 is 6.09 Å². The van der Waals surface area contributed by atoms with Crippen molar-refractivity contribution in [2.75, 3.05) is 18.5 Å². The van der Waals surface area contributed by atoms with Crippen molar-refractivity contribution in [1.29, 1.82) is 0 Å². The third-order valence-corrected chi connectivity index (χ3v) is 3.09. The third-order valence-electron chi connectivity index (χ3n) is 3.09. The normalized spacial score (nSPS) is 11.5. The van der Waals surface area contributed by atoms with Crippen molar-refractivity contribution >= 4 is 17.5 Å². The first kappa shape index (κ1) is 14.9.